The molecule has 1 aliphatic heterocycles. The Hall–Kier alpha value is -3.94. The van der Waals surface area contributed by atoms with E-state index in [0.717, 1.165) is 29.8 Å². The number of hydrogen-bond acceptors (Lipinski definition) is 5. The van der Waals surface area contributed by atoms with Gasteiger partial charge < -0.3 is 16.2 Å². The standard InChI is InChI=1S/C23H24N6O2/c1-13(30)31-23-20(15-4-8-17(9-5-15)22(26)27)28-19-11-10-18(12-29(19)23)14-2-6-16(7-3-14)21(24)25/h2-9,18H,10-12H2,1H3,(H3,24,25)(H3,26,27). The first kappa shape index (κ1) is 20.3. The van der Waals surface area contributed by atoms with Gasteiger partial charge in [-0.25, -0.2) is 4.98 Å². The molecule has 4 rings (SSSR count). The third-order valence-electron chi connectivity index (χ3n) is 5.52. The third-order valence-corrected chi connectivity index (χ3v) is 5.52. The summed E-state index contributed by atoms with van der Waals surface area (Å²) in [6.45, 7) is 2.01. The summed E-state index contributed by atoms with van der Waals surface area (Å²) in [5, 5.41) is 15.1. The number of amidine groups is 2. The molecule has 1 unspecified atom stereocenters. The normalized spacial score (nSPS) is 15.2. The fourth-order valence-corrected chi connectivity index (χ4v) is 3.92. The number of carbonyl (C=O) groups is 1. The minimum absolute atomic E-state index is 0.00507. The Morgan fingerprint density at radius 3 is 2.16 bits per heavy atom. The molecule has 0 spiro atoms. The van der Waals surface area contributed by atoms with E-state index >= 15 is 0 Å². The lowest BCUT2D eigenvalue weighted by Crippen LogP contribution is -2.21. The molecule has 0 bridgehead atoms. The van der Waals surface area contributed by atoms with E-state index in [1.165, 1.54) is 6.92 Å². The first-order chi connectivity index (χ1) is 14.8. The fourth-order valence-electron chi connectivity index (χ4n) is 3.92. The first-order valence-electron chi connectivity index (χ1n) is 10.0. The van der Waals surface area contributed by atoms with E-state index in [1.54, 1.807) is 12.1 Å². The number of hydrogen-bond donors (Lipinski definition) is 4. The highest BCUT2D eigenvalue weighted by Crippen LogP contribution is 2.37. The van der Waals surface area contributed by atoms with Gasteiger partial charge in [-0.1, -0.05) is 48.5 Å². The maximum absolute atomic E-state index is 11.8. The van der Waals surface area contributed by atoms with Gasteiger partial charge in [0.05, 0.1) is 0 Å². The van der Waals surface area contributed by atoms with Crippen molar-refractivity contribution in [2.24, 2.45) is 11.5 Å². The quantitative estimate of drug-likeness (QED) is 0.287. The molecule has 1 atom stereocenters. The summed E-state index contributed by atoms with van der Waals surface area (Å²) in [4.78, 5) is 16.6. The molecule has 6 N–H and O–H groups in total. The van der Waals surface area contributed by atoms with Crippen LogP contribution < -0.4 is 16.2 Å². The van der Waals surface area contributed by atoms with Crippen molar-refractivity contribution in [2.45, 2.75) is 32.2 Å². The van der Waals surface area contributed by atoms with Gasteiger partial charge in [-0.05, 0) is 12.0 Å². The van der Waals surface area contributed by atoms with Crippen LogP contribution in [0.4, 0.5) is 0 Å². The lowest BCUT2D eigenvalue weighted by atomic mass is 9.91. The minimum atomic E-state index is -0.405. The summed E-state index contributed by atoms with van der Waals surface area (Å²) in [7, 11) is 0. The number of nitrogens with two attached hydrogens (primary N) is 2. The molecule has 31 heavy (non-hydrogen) atoms. The van der Waals surface area contributed by atoms with Crippen molar-refractivity contribution in [1.29, 1.82) is 10.8 Å². The molecule has 0 radical (unpaired) electrons. The average molecular weight is 416 g/mol. The predicted molar refractivity (Wildman–Crippen MR) is 119 cm³/mol. The maximum atomic E-state index is 11.8. The number of fused-ring (bicyclic) bond motifs is 1. The van der Waals surface area contributed by atoms with Crippen LogP contribution in [0.15, 0.2) is 48.5 Å². The molecule has 2 heterocycles. The molecule has 0 amide bonds. The van der Waals surface area contributed by atoms with Gasteiger partial charge >= 0.3 is 5.97 Å². The van der Waals surface area contributed by atoms with Crippen molar-refractivity contribution >= 4 is 17.6 Å². The van der Waals surface area contributed by atoms with Crippen molar-refractivity contribution in [1.82, 2.24) is 9.55 Å². The fraction of sp³-hybridized carbons (Fsp3) is 0.217. The van der Waals surface area contributed by atoms with Crippen molar-refractivity contribution in [2.75, 3.05) is 0 Å². The van der Waals surface area contributed by atoms with Crippen LogP contribution in [0.5, 0.6) is 5.88 Å². The molecular weight excluding hydrogens is 392 g/mol. The molecule has 158 valence electrons. The van der Waals surface area contributed by atoms with Crippen molar-refractivity contribution in [3.05, 3.63) is 71.0 Å². The molecule has 0 fully saturated rings. The summed E-state index contributed by atoms with van der Waals surface area (Å²) >= 11 is 0. The van der Waals surface area contributed by atoms with Gasteiger partial charge in [0, 0.05) is 42.5 Å². The molecule has 2 aromatic carbocycles. The number of rotatable bonds is 5. The van der Waals surface area contributed by atoms with Crippen molar-refractivity contribution < 1.29 is 9.53 Å². The van der Waals surface area contributed by atoms with E-state index in [4.69, 9.17) is 32.0 Å². The van der Waals surface area contributed by atoms with Gasteiger partial charge in [-0.15, -0.1) is 0 Å². The SMILES string of the molecule is CC(=O)Oc1c(-c2ccc(C(=N)N)cc2)nc2n1CC(c1ccc(C(=N)N)cc1)CC2. The summed E-state index contributed by atoms with van der Waals surface area (Å²) < 4.78 is 7.58. The number of aryl methyl sites for hydroxylation is 1. The number of esters is 1. The van der Waals surface area contributed by atoms with Crippen LogP contribution in [0, 0.1) is 10.8 Å². The number of ether oxygens (including phenoxy) is 1. The Balaban J connectivity index is 1.69. The Morgan fingerprint density at radius 2 is 1.61 bits per heavy atom. The molecule has 0 saturated heterocycles. The number of nitrogens with zero attached hydrogens (tertiary/aromatic N) is 2. The number of aromatic nitrogens is 2. The van der Waals surface area contributed by atoms with E-state index in [0.29, 0.717) is 29.2 Å². The van der Waals surface area contributed by atoms with Gasteiger partial charge in [-0.3, -0.25) is 20.2 Å². The van der Waals surface area contributed by atoms with Gasteiger partial charge in [0.25, 0.3) is 0 Å². The summed E-state index contributed by atoms with van der Waals surface area (Å²) in [5.74, 6) is 1.17. The number of nitrogen functional groups attached to an aromatic ring is 2. The summed E-state index contributed by atoms with van der Waals surface area (Å²) in [6, 6.07) is 14.9. The first-order valence-corrected chi connectivity index (χ1v) is 10.0. The Bertz CT molecular complexity index is 1160. The average Bonchev–Trinajstić information content (AvgIpc) is 3.11. The summed E-state index contributed by atoms with van der Waals surface area (Å²) in [5.41, 5.74) is 15.0. The van der Waals surface area contributed by atoms with Crippen LogP contribution in [-0.4, -0.2) is 27.2 Å². The zero-order valence-electron chi connectivity index (χ0n) is 17.2. The smallest absolute Gasteiger partial charge is 0.309 e. The highest BCUT2D eigenvalue weighted by atomic mass is 16.5. The second-order valence-corrected chi connectivity index (χ2v) is 7.65. The molecule has 0 aliphatic carbocycles. The second kappa shape index (κ2) is 8.06. The number of imidazole rings is 1. The molecule has 1 aromatic heterocycles. The number of carbonyl (C=O) groups excluding carboxylic acids is 1. The van der Waals surface area contributed by atoms with Crippen molar-refractivity contribution in [3.8, 4) is 17.1 Å². The zero-order chi connectivity index (χ0) is 22.1. The maximum Gasteiger partial charge on any atom is 0.309 e. The molecule has 8 nitrogen and oxygen atoms in total. The highest BCUT2D eigenvalue weighted by molar-refractivity contribution is 5.95. The summed E-state index contributed by atoms with van der Waals surface area (Å²) in [6.07, 6.45) is 1.66. The molecule has 1 aliphatic rings. The Morgan fingerprint density at radius 1 is 1.03 bits per heavy atom. The second-order valence-electron chi connectivity index (χ2n) is 7.65. The van der Waals surface area contributed by atoms with Crippen LogP contribution in [0.1, 0.15) is 41.8 Å². The lowest BCUT2D eigenvalue weighted by molar-refractivity contribution is -0.132. The van der Waals surface area contributed by atoms with Gasteiger partial charge in [0.1, 0.15) is 23.2 Å². The van der Waals surface area contributed by atoms with Crippen LogP contribution in [0.25, 0.3) is 11.3 Å². The molecule has 0 saturated carbocycles. The third kappa shape index (κ3) is 4.05. The van der Waals surface area contributed by atoms with Gasteiger partial charge in [0.15, 0.2) is 0 Å². The zero-order valence-corrected chi connectivity index (χ0v) is 17.2. The van der Waals surface area contributed by atoms with Crippen LogP contribution in [0.2, 0.25) is 0 Å². The minimum Gasteiger partial charge on any atom is -0.407 e. The number of nitrogens with one attached hydrogen (secondary N) is 2. The predicted octanol–water partition coefficient (Wildman–Crippen LogP) is 2.77. The number of benzene rings is 2. The van der Waals surface area contributed by atoms with E-state index in [9.17, 15) is 4.79 Å². The van der Waals surface area contributed by atoms with Gasteiger partial charge in [-0.2, -0.15) is 0 Å². The van der Waals surface area contributed by atoms with E-state index in [1.807, 2.05) is 41.0 Å². The lowest BCUT2D eigenvalue weighted by Gasteiger charge is -2.25. The molecule has 8 heteroatoms. The van der Waals surface area contributed by atoms with E-state index in [2.05, 4.69) is 0 Å². The Kier molecular flexibility index (Phi) is 5.29. The van der Waals surface area contributed by atoms with Crippen LogP contribution in [-0.2, 0) is 17.8 Å². The largest absolute Gasteiger partial charge is 0.407 e. The van der Waals surface area contributed by atoms with Crippen LogP contribution >= 0.6 is 0 Å². The van der Waals surface area contributed by atoms with Crippen LogP contribution in [0.3, 0.4) is 0 Å². The highest BCUT2D eigenvalue weighted by Gasteiger charge is 2.28. The van der Waals surface area contributed by atoms with Crippen molar-refractivity contribution in [3.63, 3.8) is 0 Å². The van der Waals surface area contributed by atoms with E-state index in [-0.39, 0.29) is 17.6 Å². The molecular formula is C23H24N6O2. The van der Waals surface area contributed by atoms with E-state index < -0.39 is 5.97 Å². The van der Waals surface area contributed by atoms with Gasteiger partial charge in [0.2, 0.25) is 5.88 Å². The topological polar surface area (TPSA) is 144 Å². The molecule has 3 aromatic rings. The monoisotopic (exact) mass is 416 g/mol. The Labute approximate surface area is 179 Å².